The highest BCUT2D eigenvalue weighted by molar-refractivity contribution is 6.19. The minimum Gasteiger partial charge on any atom is -0.277 e. The van der Waals surface area contributed by atoms with Gasteiger partial charge in [-0.2, -0.15) is 0 Å². The van der Waals surface area contributed by atoms with Gasteiger partial charge in [0.1, 0.15) is 5.41 Å². The Morgan fingerprint density at radius 3 is 2.43 bits per heavy atom. The van der Waals surface area contributed by atoms with E-state index in [1.165, 1.54) is 4.90 Å². The van der Waals surface area contributed by atoms with Crippen LogP contribution in [0.15, 0.2) is 30.3 Å². The molecule has 1 atom stereocenters. The number of benzene rings is 1. The Bertz CT molecular complexity index is 593. The van der Waals surface area contributed by atoms with Crippen LogP contribution < -0.4 is 5.32 Å². The Balaban J connectivity index is 1.81. The van der Waals surface area contributed by atoms with E-state index in [-0.39, 0.29) is 11.9 Å². The van der Waals surface area contributed by atoms with Crippen molar-refractivity contribution in [3.63, 3.8) is 0 Å². The summed E-state index contributed by atoms with van der Waals surface area (Å²) >= 11 is 0. The number of carbonyl (C=O) groups is 3. The molecule has 5 nitrogen and oxygen atoms in total. The van der Waals surface area contributed by atoms with E-state index in [1.807, 2.05) is 37.3 Å². The van der Waals surface area contributed by atoms with Crippen LogP contribution in [0.5, 0.6) is 0 Å². The predicted octanol–water partition coefficient (Wildman–Crippen LogP) is 1.87. The second-order valence-electron chi connectivity index (χ2n) is 5.91. The van der Waals surface area contributed by atoms with Crippen molar-refractivity contribution in [3.05, 3.63) is 35.9 Å². The average Bonchev–Trinajstić information content (AvgIpc) is 2.37. The zero-order valence-electron chi connectivity index (χ0n) is 12.0. The Labute approximate surface area is 123 Å². The molecule has 1 aromatic carbocycles. The van der Waals surface area contributed by atoms with E-state index < -0.39 is 17.4 Å². The monoisotopic (exact) mass is 286 g/mol. The number of urea groups is 1. The standard InChI is InChI=1S/C16H18N2O3/c1-11(10-12-6-3-2-4-7-12)18-14(20)16(8-5-9-16)13(19)17-15(18)21/h2-4,6-7,11H,5,8-10H2,1H3,(H,17,19,21). The molecule has 1 saturated carbocycles. The molecule has 0 bridgehead atoms. The van der Waals surface area contributed by atoms with Gasteiger partial charge in [0.25, 0.3) is 0 Å². The molecule has 1 spiro atoms. The first-order valence-corrected chi connectivity index (χ1v) is 7.27. The molecule has 21 heavy (non-hydrogen) atoms. The van der Waals surface area contributed by atoms with Crippen molar-refractivity contribution in [2.45, 2.75) is 38.6 Å². The smallest absolute Gasteiger partial charge is 0.277 e. The van der Waals surface area contributed by atoms with Crippen LogP contribution in [-0.4, -0.2) is 28.8 Å². The lowest BCUT2D eigenvalue weighted by Gasteiger charge is -2.46. The van der Waals surface area contributed by atoms with Gasteiger partial charge in [-0.1, -0.05) is 36.8 Å². The number of barbiturate groups is 1. The zero-order chi connectivity index (χ0) is 15.0. The first kappa shape index (κ1) is 13.8. The molecule has 5 heteroatoms. The molecular weight excluding hydrogens is 268 g/mol. The van der Waals surface area contributed by atoms with Crippen molar-refractivity contribution in [2.24, 2.45) is 5.41 Å². The molecule has 4 amide bonds. The quantitative estimate of drug-likeness (QED) is 0.863. The van der Waals surface area contributed by atoms with Crippen molar-refractivity contribution in [1.82, 2.24) is 10.2 Å². The fourth-order valence-electron chi connectivity index (χ4n) is 3.11. The van der Waals surface area contributed by atoms with Crippen LogP contribution in [-0.2, 0) is 16.0 Å². The van der Waals surface area contributed by atoms with Crippen LogP contribution >= 0.6 is 0 Å². The normalized spacial score (nSPS) is 22.0. The van der Waals surface area contributed by atoms with Gasteiger partial charge >= 0.3 is 6.03 Å². The third-order valence-electron chi connectivity index (χ3n) is 4.52. The minimum atomic E-state index is -0.987. The largest absolute Gasteiger partial charge is 0.331 e. The van der Waals surface area contributed by atoms with Crippen molar-refractivity contribution in [2.75, 3.05) is 0 Å². The number of hydrogen-bond acceptors (Lipinski definition) is 3. The first-order chi connectivity index (χ1) is 10.0. The molecule has 2 fully saturated rings. The maximum absolute atomic E-state index is 12.6. The molecular formula is C16H18N2O3. The van der Waals surface area contributed by atoms with Crippen LogP contribution in [0.1, 0.15) is 31.7 Å². The van der Waals surface area contributed by atoms with E-state index in [9.17, 15) is 14.4 Å². The second-order valence-corrected chi connectivity index (χ2v) is 5.91. The molecule has 1 saturated heterocycles. The molecule has 3 rings (SSSR count). The van der Waals surface area contributed by atoms with Gasteiger partial charge in [0.05, 0.1) is 0 Å². The average molecular weight is 286 g/mol. The van der Waals surface area contributed by atoms with E-state index in [0.717, 1.165) is 12.0 Å². The van der Waals surface area contributed by atoms with Crippen LogP contribution in [0.25, 0.3) is 0 Å². The first-order valence-electron chi connectivity index (χ1n) is 7.27. The van der Waals surface area contributed by atoms with Gasteiger partial charge in [-0.3, -0.25) is 19.8 Å². The lowest BCUT2D eigenvalue weighted by molar-refractivity contribution is -0.158. The predicted molar refractivity (Wildman–Crippen MR) is 76.3 cm³/mol. The van der Waals surface area contributed by atoms with Gasteiger partial charge in [0.2, 0.25) is 11.8 Å². The maximum Gasteiger partial charge on any atom is 0.331 e. The maximum atomic E-state index is 12.6. The number of hydrogen-bond donors (Lipinski definition) is 1. The lowest BCUT2D eigenvalue weighted by Crippen LogP contribution is -2.67. The van der Waals surface area contributed by atoms with Crippen LogP contribution in [0.3, 0.4) is 0 Å². The summed E-state index contributed by atoms with van der Waals surface area (Å²) < 4.78 is 0. The molecule has 1 aromatic rings. The second kappa shape index (κ2) is 4.98. The van der Waals surface area contributed by atoms with Crippen LogP contribution in [0.2, 0.25) is 0 Å². The van der Waals surface area contributed by atoms with E-state index in [0.29, 0.717) is 19.3 Å². The number of nitrogens with zero attached hydrogens (tertiary/aromatic N) is 1. The summed E-state index contributed by atoms with van der Waals surface area (Å²) in [6.45, 7) is 1.84. The summed E-state index contributed by atoms with van der Waals surface area (Å²) in [6, 6.07) is 8.85. The highest BCUT2D eigenvalue weighted by atomic mass is 16.2. The molecule has 1 heterocycles. The number of carbonyl (C=O) groups excluding carboxylic acids is 3. The molecule has 2 aliphatic rings. The van der Waals surface area contributed by atoms with Gasteiger partial charge in [0, 0.05) is 6.04 Å². The lowest BCUT2D eigenvalue weighted by atomic mass is 9.66. The number of nitrogens with one attached hydrogen (secondary N) is 1. The molecule has 1 aliphatic carbocycles. The Morgan fingerprint density at radius 1 is 1.19 bits per heavy atom. The van der Waals surface area contributed by atoms with Gasteiger partial charge in [-0.25, -0.2) is 4.79 Å². The highest BCUT2D eigenvalue weighted by Crippen LogP contribution is 2.44. The van der Waals surface area contributed by atoms with Gasteiger partial charge < -0.3 is 0 Å². The SMILES string of the molecule is CC(Cc1ccccc1)N1C(=O)NC(=O)C2(CCC2)C1=O. The number of amides is 4. The van der Waals surface area contributed by atoms with E-state index in [1.54, 1.807) is 0 Å². The van der Waals surface area contributed by atoms with Crippen molar-refractivity contribution >= 4 is 17.8 Å². The number of rotatable bonds is 3. The van der Waals surface area contributed by atoms with E-state index >= 15 is 0 Å². The molecule has 1 aliphatic heterocycles. The van der Waals surface area contributed by atoms with Crippen molar-refractivity contribution < 1.29 is 14.4 Å². The van der Waals surface area contributed by atoms with Crippen LogP contribution in [0.4, 0.5) is 4.79 Å². The minimum absolute atomic E-state index is 0.273. The summed E-state index contributed by atoms with van der Waals surface area (Å²) in [7, 11) is 0. The molecule has 0 aromatic heterocycles. The Morgan fingerprint density at radius 2 is 1.86 bits per heavy atom. The summed E-state index contributed by atoms with van der Waals surface area (Å²) in [5.74, 6) is -0.752. The van der Waals surface area contributed by atoms with Crippen molar-refractivity contribution in [3.8, 4) is 0 Å². The van der Waals surface area contributed by atoms with E-state index in [4.69, 9.17) is 0 Å². The zero-order valence-corrected chi connectivity index (χ0v) is 12.0. The third kappa shape index (κ3) is 2.13. The number of imide groups is 2. The fraction of sp³-hybridized carbons (Fsp3) is 0.438. The van der Waals surface area contributed by atoms with Gasteiger partial charge in [-0.15, -0.1) is 0 Å². The van der Waals surface area contributed by atoms with Crippen molar-refractivity contribution in [1.29, 1.82) is 0 Å². The highest BCUT2D eigenvalue weighted by Gasteiger charge is 2.57. The fourth-order valence-corrected chi connectivity index (χ4v) is 3.11. The summed E-state index contributed by atoms with van der Waals surface area (Å²) in [5.41, 5.74) is 0.0731. The molecule has 0 radical (unpaired) electrons. The topological polar surface area (TPSA) is 66.5 Å². The Kier molecular flexibility index (Phi) is 3.27. The molecule has 1 unspecified atom stereocenters. The van der Waals surface area contributed by atoms with Crippen LogP contribution in [0, 0.1) is 5.41 Å². The summed E-state index contributed by atoms with van der Waals surface area (Å²) in [4.78, 5) is 37.9. The third-order valence-corrected chi connectivity index (χ3v) is 4.52. The summed E-state index contributed by atoms with van der Waals surface area (Å²) in [6.07, 6.45) is 2.53. The molecule has 1 N–H and O–H groups in total. The molecule has 110 valence electrons. The van der Waals surface area contributed by atoms with Gasteiger partial charge in [0.15, 0.2) is 0 Å². The Hall–Kier alpha value is -2.17. The van der Waals surface area contributed by atoms with Gasteiger partial charge in [-0.05, 0) is 31.7 Å². The summed E-state index contributed by atoms with van der Waals surface area (Å²) in [5, 5.41) is 2.35. The van der Waals surface area contributed by atoms with E-state index in [2.05, 4.69) is 5.32 Å².